The number of aromatic amines is 1. The average Bonchev–Trinajstić information content (AvgIpc) is 3.31. The zero-order valence-corrected chi connectivity index (χ0v) is 15.2. The lowest BCUT2D eigenvalue weighted by atomic mass is 10.0. The molecule has 3 aromatic heterocycles. The fourth-order valence-corrected chi connectivity index (χ4v) is 3.52. The molecule has 0 aliphatic heterocycles. The van der Waals surface area contributed by atoms with Crippen molar-refractivity contribution in [1.82, 2.24) is 20.3 Å². The first kappa shape index (κ1) is 17.2. The second-order valence-electron chi connectivity index (χ2n) is 5.83. The number of amides is 2. The molecular formula is C19H16FN5OS. The van der Waals surface area contributed by atoms with Crippen LogP contribution < -0.4 is 10.6 Å². The van der Waals surface area contributed by atoms with E-state index in [4.69, 9.17) is 0 Å². The fraction of sp³-hybridized carbons (Fsp3) is 0.105. The Morgan fingerprint density at radius 3 is 2.93 bits per heavy atom. The van der Waals surface area contributed by atoms with Gasteiger partial charge in [0.25, 0.3) is 0 Å². The van der Waals surface area contributed by atoms with E-state index in [2.05, 4.69) is 25.6 Å². The van der Waals surface area contributed by atoms with E-state index < -0.39 is 5.82 Å². The van der Waals surface area contributed by atoms with Crippen LogP contribution in [0.1, 0.15) is 6.92 Å². The standard InChI is InChI=1S/C19H16FN5OS/c1-2-21-19(26)25-18-23-15-9-12(11-5-7-27-10-11)8-13(17(15)24-18)16-14(20)4-3-6-22-16/h3-10H,2H2,1H3,(H3,21,23,24,25,26). The Kier molecular flexibility index (Phi) is 4.55. The van der Waals surface area contributed by atoms with Gasteiger partial charge in [0.15, 0.2) is 0 Å². The minimum atomic E-state index is -0.422. The number of thiophene rings is 1. The molecule has 0 spiro atoms. The third-order valence-corrected chi connectivity index (χ3v) is 4.71. The second-order valence-corrected chi connectivity index (χ2v) is 6.61. The Labute approximate surface area is 158 Å². The summed E-state index contributed by atoms with van der Waals surface area (Å²) in [6.45, 7) is 2.33. The highest BCUT2D eigenvalue weighted by molar-refractivity contribution is 7.08. The van der Waals surface area contributed by atoms with Gasteiger partial charge in [0.1, 0.15) is 11.5 Å². The molecule has 0 aliphatic carbocycles. The Morgan fingerprint density at radius 1 is 1.30 bits per heavy atom. The van der Waals surface area contributed by atoms with E-state index in [1.54, 1.807) is 23.6 Å². The van der Waals surface area contributed by atoms with Gasteiger partial charge in [-0.05, 0) is 59.1 Å². The summed E-state index contributed by atoms with van der Waals surface area (Å²) >= 11 is 1.58. The van der Waals surface area contributed by atoms with E-state index in [1.807, 2.05) is 35.9 Å². The van der Waals surface area contributed by atoms with Gasteiger partial charge in [-0.3, -0.25) is 10.3 Å². The van der Waals surface area contributed by atoms with Crippen molar-refractivity contribution in [3.63, 3.8) is 0 Å². The van der Waals surface area contributed by atoms with Crippen LogP contribution in [0.5, 0.6) is 0 Å². The Balaban J connectivity index is 1.89. The average molecular weight is 381 g/mol. The van der Waals surface area contributed by atoms with Gasteiger partial charge in [0.2, 0.25) is 5.95 Å². The molecular weight excluding hydrogens is 365 g/mol. The maximum atomic E-state index is 14.4. The highest BCUT2D eigenvalue weighted by atomic mass is 32.1. The molecule has 3 N–H and O–H groups in total. The summed E-state index contributed by atoms with van der Waals surface area (Å²) in [7, 11) is 0. The number of fused-ring (bicyclic) bond motifs is 1. The number of carbonyl (C=O) groups excluding carboxylic acids is 1. The van der Waals surface area contributed by atoms with Crippen molar-refractivity contribution in [2.75, 3.05) is 11.9 Å². The van der Waals surface area contributed by atoms with Crippen LogP contribution in [0.4, 0.5) is 15.1 Å². The van der Waals surface area contributed by atoms with Gasteiger partial charge in [0.05, 0.1) is 11.0 Å². The highest BCUT2D eigenvalue weighted by Gasteiger charge is 2.16. The quantitative estimate of drug-likeness (QED) is 0.482. The molecule has 0 fully saturated rings. The van der Waals surface area contributed by atoms with Gasteiger partial charge in [-0.25, -0.2) is 14.2 Å². The SMILES string of the molecule is CCNC(=O)Nc1nc2cc(-c3ccsc3)cc(-c3ncccc3F)c2[nH]1. The summed E-state index contributed by atoms with van der Waals surface area (Å²) < 4.78 is 14.4. The van der Waals surface area contributed by atoms with Gasteiger partial charge in [-0.15, -0.1) is 0 Å². The topological polar surface area (TPSA) is 82.7 Å². The van der Waals surface area contributed by atoms with E-state index in [0.717, 1.165) is 11.1 Å². The first-order valence-corrected chi connectivity index (χ1v) is 9.32. The highest BCUT2D eigenvalue weighted by Crippen LogP contribution is 2.34. The molecule has 6 nitrogen and oxygen atoms in total. The van der Waals surface area contributed by atoms with E-state index >= 15 is 0 Å². The van der Waals surface area contributed by atoms with Gasteiger partial charge in [0, 0.05) is 18.3 Å². The molecule has 8 heteroatoms. The van der Waals surface area contributed by atoms with Crippen molar-refractivity contribution < 1.29 is 9.18 Å². The monoisotopic (exact) mass is 381 g/mol. The molecule has 4 aromatic rings. The minimum Gasteiger partial charge on any atom is -0.338 e. The van der Waals surface area contributed by atoms with Crippen molar-refractivity contribution >= 4 is 34.3 Å². The molecule has 4 rings (SSSR count). The van der Waals surface area contributed by atoms with Crippen LogP contribution in [0.25, 0.3) is 33.4 Å². The number of halogens is 1. The number of pyridine rings is 1. The van der Waals surface area contributed by atoms with Crippen LogP contribution >= 0.6 is 11.3 Å². The predicted octanol–water partition coefficient (Wildman–Crippen LogP) is 4.63. The molecule has 0 saturated heterocycles. The van der Waals surface area contributed by atoms with Crippen molar-refractivity contribution in [2.45, 2.75) is 6.92 Å². The number of hydrogen-bond donors (Lipinski definition) is 3. The van der Waals surface area contributed by atoms with Gasteiger partial charge < -0.3 is 10.3 Å². The third-order valence-electron chi connectivity index (χ3n) is 4.03. The van der Waals surface area contributed by atoms with E-state index in [-0.39, 0.29) is 17.7 Å². The number of H-pyrrole nitrogens is 1. The molecule has 1 aromatic carbocycles. The maximum absolute atomic E-state index is 14.4. The summed E-state index contributed by atoms with van der Waals surface area (Å²) in [5.41, 5.74) is 3.96. The molecule has 0 bridgehead atoms. The Bertz CT molecular complexity index is 1110. The predicted molar refractivity (Wildman–Crippen MR) is 105 cm³/mol. The number of rotatable bonds is 4. The first-order chi connectivity index (χ1) is 13.2. The fourth-order valence-electron chi connectivity index (χ4n) is 2.85. The summed E-state index contributed by atoms with van der Waals surface area (Å²) in [6, 6.07) is 8.33. The van der Waals surface area contributed by atoms with Crippen LogP contribution in [0, 0.1) is 5.82 Å². The number of imidazole rings is 1. The van der Waals surface area contributed by atoms with Crippen LogP contribution in [-0.2, 0) is 0 Å². The Hall–Kier alpha value is -3.26. The summed E-state index contributed by atoms with van der Waals surface area (Å²) in [5, 5.41) is 9.29. The zero-order chi connectivity index (χ0) is 18.8. The molecule has 2 amide bonds. The zero-order valence-electron chi connectivity index (χ0n) is 14.4. The number of benzene rings is 1. The maximum Gasteiger partial charge on any atom is 0.321 e. The van der Waals surface area contributed by atoms with Gasteiger partial charge >= 0.3 is 6.03 Å². The van der Waals surface area contributed by atoms with Crippen molar-refractivity contribution in [3.8, 4) is 22.4 Å². The number of nitrogens with one attached hydrogen (secondary N) is 3. The smallest absolute Gasteiger partial charge is 0.321 e. The molecule has 3 heterocycles. The number of anilines is 1. The number of aromatic nitrogens is 3. The van der Waals surface area contributed by atoms with Crippen LogP contribution in [0.15, 0.2) is 47.3 Å². The van der Waals surface area contributed by atoms with Crippen LogP contribution in [0.3, 0.4) is 0 Å². The lowest BCUT2D eigenvalue weighted by Gasteiger charge is -2.07. The molecule has 0 saturated carbocycles. The summed E-state index contributed by atoms with van der Waals surface area (Å²) in [5.74, 6) is -0.134. The van der Waals surface area contributed by atoms with E-state index in [1.165, 1.54) is 6.07 Å². The molecule has 27 heavy (non-hydrogen) atoms. The van der Waals surface area contributed by atoms with Crippen molar-refractivity contribution in [3.05, 3.63) is 53.1 Å². The minimum absolute atomic E-state index is 0.229. The van der Waals surface area contributed by atoms with Crippen molar-refractivity contribution in [1.29, 1.82) is 0 Å². The largest absolute Gasteiger partial charge is 0.338 e. The normalized spacial score (nSPS) is 10.9. The van der Waals surface area contributed by atoms with Crippen molar-refractivity contribution in [2.24, 2.45) is 0 Å². The number of carbonyl (C=O) groups is 1. The Morgan fingerprint density at radius 2 is 2.19 bits per heavy atom. The number of urea groups is 1. The third kappa shape index (κ3) is 3.39. The first-order valence-electron chi connectivity index (χ1n) is 8.37. The molecule has 0 radical (unpaired) electrons. The number of nitrogens with zero attached hydrogens (tertiary/aromatic N) is 2. The lowest BCUT2D eigenvalue weighted by molar-refractivity contribution is 0.252. The lowest BCUT2D eigenvalue weighted by Crippen LogP contribution is -2.28. The van der Waals surface area contributed by atoms with Crippen LogP contribution in [-0.4, -0.2) is 27.5 Å². The molecule has 0 aliphatic rings. The van der Waals surface area contributed by atoms with Gasteiger partial charge in [-0.1, -0.05) is 0 Å². The molecule has 0 unspecified atom stereocenters. The van der Waals surface area contributed by atoms with E-state index in [9.17, 15) is 9.18 Å². The molecule has 0 atom stereocenters. The van der Waals surface area contributed by atoms with Gasteiger partial charge in [-0.2, -0.15) is 11.3 Å². The number of hydrogen-bond acceptors (Lipinski definition) is 4. The van der Waals surface area contributed by atoms with Crippen LogP contribution in [0.2, 0.25) is 0 Å². The molecule has 136 valence electrons. The van der Waals surface area contributed by atoms with E-state index in [0.29, 0.717) is 23.1 Å². The second kappa shape index (κ2) is 7.16. The summed E-state index contributed by atoms with van der Waals surface area (Å²) in [6.07, 6.45) is 1.55. The summed E-state index contributed by atoms with van der Waals surface area (Å²) in [4.78, 5) is 23.5.